The van der Waals surface area contributed by atoms with Gasteiger partial charge in [0.2, 0.25) is 0 Å². The third-order valence-electron chi connectivity index (χ3n) is 1.66. The summed E-state index contributed by atoms with van der Waals surface area (Å²) in [6, 6.07) is 0. The van der Waals surface area contributed by atoms with E-state index in [1.165, 1.54) is 0 Å². The highest BCUT2D eigenvalue weighted by Crippen LogP contribution is 1.92. The van der Waals surface area contributed by atoms with Gasteiger partial charge in [0.1, 0.15) is 0 Å². The van der Waals surface area contributed by atoms with E-state index in [9.17, 15) is 9.59 Å². The van der Waals surface area contributed by atoms with Crippen molar-refractivity contribution in [3.63, 3.8) is 0 Å². The van der Waals surface area contributed by atoms with Gasteiger partial charge >= 0.3 is 5.97 Å². The number of ether oxygens (including phenoxy) is 1. The molecule has 1 saturated heterocycles. The number of carbonyl (C=O) groups is 2. The standard InChI is InChI=1S/C8H12N2O4/c11-7(1-2-8(12)13)9-10-3-5-14-6-4-10/h1-2H,3-6H2,(H,9,11)(H,12,13). The maximum absolute atomic E-state index is 11.1. The molecule has 1 heterocycles. The Labute approximate surface area is 81.1 Å². The molecule has 1 fully saturated rings. The number of carboxylic acid groups (broad SMARTS) is 1. The van der Waals surface area contributed by atoms with Gasteiger partial charge in [-0.15, -0.1) is 0 Å². The lowest BCUT2D eigenvalue weighted by molar-refractivity contribution is -0.132. The molecule has 0 aromatic carbocycles. The van der Waals surface area contributed by atoms with Crippen molar-refractivity contribution in [2.45, 2.75) is 0 Å². The van der Waals surface area contributed by atoms with Crippen molar-refractivity contribution in [1.29, 1.82) is 0 Å². The summed E-state index contributed by atoms with van der Waals surface area (Å²) >= 11 is 0. The molecule has 0 aromatic rings. The van der Waals surface area contributed by atoms with E-state index in [1.807, 2.05) is 0 Å². The number of carbonyl (C=O) groups excluding carboxylic acids is 1. The zero-order valence-corrected chi connectivity index (χ0v) is 7.60. The molecule has 0 bridgehead atoms. The molecule has 1 aliphatic rings. The van der Waals surface area contributed by atoms with Crippen molar-refractivity contribution in [1.82, 2.24) is 10.4 Å². The summed E-state index contributed by atoms with van der Waals surface area (Å²) in [4.78, 5) is 21.2. The van der Waals surface area contributed by atoms with Crippen LogP contribution in [0.3, 0.4) is 0 Å². The van der Waals surface area contributed by atoms with Crippen LogP contribution in [0, 0.1) is 0 Å². The van der Waals surface area contributed by atoms with Gasteiger partial charge < -0.3 is 9.84 Å². The van der Waals surface area contributed by atoms with Gasteiger partial charge in [-0.3, -0.25) is 10.2 Å². The molecule has 1 rings (SSSR count). The van der Waals surface area contributed by atoms with Crippen LogP contribution in [-0.2, 0) is 14.3 Å². The zero-order valence-electron chi connectivity index (χ0n) is 7.60. The first kappa shape index (κ1) is 10.7. The molecule has 0 aromatic heterocycles. The fraction of sp³-hybridized carbons (Fsp3) is 0.500. The van der Waals surface area contributed by atoms with E-state index in [-0.39, 0.29) is 0 Å². The fourth-order valence-electron chi connectivity index (χ4n) is 1.02. The van der Waals surface area contributed by atoms with Gasteiger partial charge in [-0.05, 0) is 0 Å². The number of hydrogen-bond acceptors (Lipinski definition) is 4. The number of nitrogens with zero attached hydrogens (tertiary/aromatic N) is 1. The average Bonchev–Trinajstić information content (AvgIpc) is 2.16. The second kappa shape index (κ2) is 5.36. The molecule has 1 aliphatic heterocycles. The first-order valence-electron chi connectivity index (χ1n) is 4.23. The lowest BCUT2D eigenvalue weighted by atomic mass is 10.4. The first-order chi connectivity index (χ1) is 6.68. The number of rotatable bonds is 3. The third kappa shape index (κ3) is 4.01. The van der Waals surface area contributed by atoms with E-state index >= 15 is 0 Å². The Morgan fingerprint density at radius 1 is 1.29 bits per heavy atom. The van der Waals surface area contributed by atoms with Crippen LogP contribution in [0.5, 0.6) is 0 Å². The van der Waals surface area contributed by atoms with Crippen molar-refractivity contribution in [2.24, 2.45) is 0 Å². The molecule has 78 valence electrons. The van der Waals surface area contributed by atoms with Crippen molar-refractivity contribution < 1.29 is 19.4 Å². The normalized spacial score (nSPS) is 18.3. The SMILES string of the molecule is O=C(O)C=CC(=O)NN1CCOCC1. The zero-order chi connectivity index (χ0) is 10.4. The highest BCUT2D eigenvalue weighted by atomic mass is 16.5. The Hall–Kier alpha value is -1.40. The predicted octanol–water partition coefficient (Wildman–Crippen LogP) is -1.01. The summed E-state index contributed by atoms with van der Waals surface area (Å²) < 4.78 is 5.07. The molecule has 2 N–H and O–H groups in total. The molecule has 14 heavy (non-hydrogen) atoms. The Balaban J connectivity index is 2.28. The smallest absolute Gasteiger partial charge is 0.328 e. The summed E-state index contributed by atoms with van der Waals surface area (Å²) in [5.41, 5.74) is 2.54. The highest BCUT2D eigenvalue weighted by Gasteiger charge is 2.11. The lowest BCUT2D eigenvalue weighted by Crippen LogP contribution is -2.47. The Morgan fingerprint density at radius 3 is 2.50 bits per heavy atom. The summed E-state index contributed by atoms with van der Waals surface area (Å²) in [5.74, 6) is -1.57. The second-order valence-electron chi connectivity index (χ2n) is 2.75. The third-order valence-corrected chi connectivity index (χ3v) is 1.66. The number of hydrogen-bond donors (Lipinski definition) is 2. The van der Waals surface area contributed by atoms with E-state index in [2.05, 4.69) is 5.43 Å². The monoisotopic (exact) mass is 200 g/mol. The first-order valence-corrected chi connectivity index (χ1v) is 4.23. The number of carboxylic acids is 1. The minimum Gasteiger partial charge on any atom is -0.478 e. The largest absolute Gasteiger partial charge is 0.478 e. The van der Waals surface area contributed by atoms with E-state index in [1.54, 1.807) is 5.01 Å². The van der Waals surface area contributed by atoms with E-state index in [0.29, 0.717) is 26.3 Å². The number of nitrogens with one attached hydrogen (secondary N) is 1. The molecular weight excluding hydrogens is 188 g/mol. The van der Waals surface area contributed by atoms with Crippen LogP contribution >= 0.6 is 0 Å². The van der Waals surface area contributed by atoms with Crippen LogP contribution in [0.4, 0.5) is 0 Å². The van der Waals surface area contributed by atoms with Gasteiger partial charge in [-0.1, -0.05) is 0 Å². The second-order valence-corrected chi connectivity index (χ2v) is 2.75. The van der Waals surface area contributed by atoms with Crippen molar-refractivity contribution in [3.05, 3.63) is 12.2 Å². The number of aliphatic carboxylic acids is 1. The van der Waals surface area contributed by atoms with Crippen LogP contribution in [-0.4, -0.2) is 48.3 Å². The van der Waals surface area contributed by atoms with Crippen LogP contribution in [0.25, 0.3) is 0 Å². The lowest BCUT2D eigenvalue weighted by Gasteiger charge is -2.26. The van der Waals surface area contributed by atoms with Crippen LogP contribution < -0.4 is 5.43 Å². The molecule has 6 nitrogen and oxygen atoms in total. The quantitative estimate of drug-likeness (QED) is 0.571. The molecule has 0 atom stereocenters. The molecule has 0 radical (unpaired) electrons. The Kier molecular flexibility index (Phi) is 4.09. The molecule has 0 aliphatic carbocycles. The van der Waals surface area contributed by atoms with Crippen LogP contribution in [0.15, 0.2) is 12.2 Å². The number of hydrazine groups is 1. The molecular formula is C8H12N2O4. The molecule has 1 amide bonds. The van der Waals surface area contributed by atoms with Gasteiger partial charge in [0.15, 0.2) is 0 Å². The fourth-order valence-corrected chi connectivity index (χ4v) is 1.02. The summed E-state index contributed by atoms with van der Waals surface area (Å²) in [7, 11) is 0. The van der Waals surface area contributed by atoms with Crippen molar-refractivity contribution >= 4 is 11.9 Å². The summed E-state index contributed by atoms with van der Waals surface area (Å²) in [5, 5.41) is 9.96. The number of amides is 1. The molecule has 0 saturated carbocycles. The maximum Gasteiger partial charge on any atom is 0.328 e. The van der Waals surface area contributed by atoms with Crippen LogP contribution in [0.1, 0.15) is 0 Å². The molecule has 0 spiro atoms. The molecule has 6 heteroatoms. The average molecular weight is 200 g/mol. The summed E-state index contributed by atoms with van der Waals surface area (Å²) in [6.45, 7) is 2.38. The van der Waals surface area contributed by atoms with Crippen LogP contribution in [0.2, 0.25) is 0 Å². The number of morpholine rings is 1. The van der Waals surface area contributed by atoms with Gasteiger partial charge in [0.05, 0.1) is 13.2 Å². The van der Waals surface area contributed by atoms with Gasteiger partial charge in [0, 0.05) is 25.2 Å². The Bertz CT molecular complexity index is 246. The van der Waals surface area contributed by atoms with E-state index < -0.39 is 11.9 Å². The van der Waals surface area contributed by atoms with Crippen molar-refractivity contribution in [3.8, 4) is 0 Å². The maximum atomic E-state index is 11.1. The summed E-state index contributed by atoms with van der Waals surface area (Å²) in [6.07, 6.45) is 1.79. The minimum absolute atomic E-state index is 0.436. The van der Waals surface area contributed by atoms with E-state index in [0.717, 1.165) is 12.2 Å². The predicted molar refractivity (Wildman–Crippen MR) is 47.3 cm³/mol. The minimum atomic E-state index is -1.14. The van der Waals surface area contributed by atoms with E-state index in [4.69, 9.17) is 9.84 Å². The van der Waals surface area contributed by atoms with Gasteiger partial charge in [-0.25, -0.2) is 9.80 Å². The van der Waals surface area contributed by atoms with Gasteiger partial charge in [0.25, 0.3) is 5.91 Å². The van der Waals surface area contributed by atoms with Gasteiger partial charge in [-0.2, -0.15) is 0 Å². The molecule has 0 unspecified atom stereocenters. The highest BCUT2D eigenvalue weighted by molar-refractivity contribution is 5.93. The van der Waals surface area contributed by atoms with Crippen molar-refractivity contribution in [2.75, 3.05) is 26.3 Å². The Morgan fingerprint density at radius 2 is 1.93 bits per heavy atom. The topological polar surface area (TPSA) is 78.9 Å².